The molecule has 2 N–H and O–H groups in total. The minimum absolute atomic E-state index is 0.0967. The lowest BCUT2D eigenvalue weighted by molar-refractivity contribution is -0.136. The standard InChI is InChI=1S/C51H60N6O6S/c1-4-32-30-36-37(51(2,3)47-45(46(36)60)34-14-10-11-16-38(34)52-47)31-40(32)55-23-21-33(22-24-55)54-25-27-56(28-26-54)43(59)18-9-7-5-6-8-12-29-64-41-17-13-15-35-44(41)50(63)57(49(35)62)39-19-20-42(58)53-48(39)61/h10-11,13-17,30-31,33,39,52H,4-9,12,18-29H2,1-3H3,(H,53,58,61). The Labute approximate surface area is 379 Å². The molecule has 0 bridgehead atoms. The first-order valence-electron chi connectivity index (χ1n) is 23.5. The highest BCUT2D eigenvalue weighted by Crippen LogP contribution is 2.46. The zero-order chi connectivity index (χ0) is 44.7. The number of amides is 5. The predicted molar refractivity (Wildman–Crippen MR) is 249 cm³/mol. The summed E-state index contributed by atoms with van der Waals surface area (Å²) in [6.07, 6.45) is 9.98. The number of hydrogen-bond acceptors (Lipinski definition) is 9. The van der Waals surface area contributed by atoms with Crippen molar-refractivity contribution in [1.29, 1.82) is 0 Å². The van der Waals surface area contributed by atoms with Crippen molar-refractivity contribution in [2.45, 2.75) is 120 Å². The number of fused-ring (bicyclic) bond motifs is 5. The van der Waals surface area contributed by atoms with Gasteiger partial charge in [-0.1, -0.05) is 70.7 Å². The summed E-state index contributed by atoms with van der Waals surface area (Å²) in [5.74, 6) is -0.729. The fourth-order valence-corrected chi connectivity index (χ4v) is 12.0. The van der Waals surface area contributed by atoms with Crippen LogP contribution in [0.2, 0.25) is 0 Å². The molecule has 1 atom stereocenters. The Hall–Kier alpha value is -5.27. The van der Waals surface area contributed by atoms with Gasteiger partial charge in [-0.2, -0.15) is 0 Å². The molecule has 9 rings (SSSR count). The zero-order valence-corrected chi connectivity index (χ0v) is 38.2. The highest BCUT2D eigenvalue weighted by Gasteiger charge is 2.46. The van der Waals surface area contributed by atoms with Gasteiger partial charge in [-0.05, 0) is 85.7 Å². The Balaban J connectivity index is 0.677. The minimum Gasteiger partial charge on any atom is -0.371 e. The lowest BCUT2D eigenvalue weighted by Crippen LogP contribution is -2.54. The molecular formula is C51H60N6O6S. The van der Waals surface area contributed by atoms with Crippen LogP contribution in [0.3, 0.4) is 0 Å². The normalized spacial score (nSPS) is 20.2. The van der Waals surface area contributed by atoms with E-state index in [1.807, 2.05) is 18.2 Å². The summed E-state index contributed by atoms with van der Waals surface area (Å²) < 4.78 is 0. The molecule has 5 heterocycles. The number of piperidine rings is 2. The van der Waals surface area contributed by atoms with Crippen LogP contribution in [0.5, 0.6) is 0 Å². The molecule has 13 heteroatoms. The number of para-hydroxylation sites is 1. The molecule has 336 valence electrons. The van der Waals surface area contributed by atoms with E-state index in [2.05, 4.69) is 70.0 Å². The Morgan fingerprint density at radius 1 is 0.781 bits per heavy atom. The summed E-state index contributed by atoms with van der Waals surface area (Å²) >= 11 is 1.56. The number of rotatable bonds is 14. The van der Waals surface area contributed by atoms with Gasteiger partial charge in [0.15, 0.2) is 5.78 Å². The molecule has 4 aromatic rings. The van der Waals surface area contributed by atoms with Crippen molar-refractivity contribution in [3.8, 4) is 0 Å². The van der Waals surface area contributed by atoms with E-state index in [0.29, 0.717) is 23.6 Å². The van der Waals surface area contributed by atoms with Crippen molar-refractivity contribution in [3.63, 3.8) is 0 Å². The topological polar surface area (TPSA) is 143 Å². The number of benzene rings is 3. The number of thioether (sulfide) groups is 1. The fourth-order valence-electron chi connectivity index (χ4n) is 10.9. The van der Waals surface area contributed by atoms with Crippen LogP contribution in [0.25, 0.3) is 10.9 Å². The van der Waals surface area contributed by atoms with E-state index in [4.69, 9.17) is 0 Å². The van der Waals surface area contributed by atoms with Crippen LogP contribution in [0.4, 0.5) is 5.69 Å². The van der Waals surface area contributed by atoms with Gasteiger partial charge in [0.1, 0.15) is 6.04 Å². The number of nitrogens with one attached hydrogen (secondary N) is 2. The fraction of sp³-hybridized carbons (Fsp3) is 0.490. The summed E-state index contributed by atoms with van der Waals surface area (Å²) in [5, 5.41) is 3.25. The van der Waals surface area contributed by atoms with Gasteiger partial charge in [-0.15, -0.1) is 11.8 Å². The number of carbonyl (C=O) groups is 6. The average Bonchev–Trinajstić information content (AvgIpc) is 3.83. The van der Waals surface area contributed by atoms with Crippen molar-refractivity contribution in [2.75, 3.05) is 49.9 Å². The monoisotopic (exact) mass is 884 g/mol. The van der Waals surface area contributed by atoms with Gasteiger partial charge in [0.25, 0.3) is 11.8 Å². The molecule has 64 heavy (non-hydrogen) atoms. The molecule has 0 spiro atoms. The number of unbranched alkanes of at least 4 members (excludes halogenated alkanes) is 5. The molecule has 4 aliphatic heterocycles. The lowest BCUT2D eigenvalue weighted by atomic mass is 9.70. The van der Waals surface area contributed by atoms with Crippen molar-refractivity contribution in [1.82, 2.24) is 25.0 Å². The number of H-pyrrole nitrogens is 1. The van der Waals surface area contributed by atoms with Crippen molar-refractivity contribution < 1.29 is 28.8 Å². The summed E-state index contributed by atoms with van der Waals surface area (Å²) in [4.78, 5) is 90.4. The van der Waals surface area contributed by atoms with Gasteiger partial charge in [-0.25, -0.2) is 0 Å². The molecule has 1 aliphatic carbocycles. The molecule has 3 saturated heterocycles. The molecule has 1 aromatic heterocycles. The van der Waals surface area contributed by atoms with E-state index in [9.17, 15) is 28.8 Å². The van der Waals surface area contributed by atoms with Gasteiger partial charge in [-0.3, -0.25) is 43.9 Å². The number of aryl methyl sites for hydroxylation is 1. The first-order chi connectivity index (χ1) is 31.0. The predicted octanol–water partition coefficient (Wildman–Crippen LogP) is 7.64. The molecule has 0 radical (unpaired) electrons. The lowest BCUT2D eigenvalue weighted by Gasteiger charge is -2.44. The third-order valence-corrected chi connectivity index (χ3v) is 15.7. The van der Waals surface area contributed by atoms with Crippen LogP contribution in [-0.2, 0) is 26.2 Å². The van der Waals surface area contributed by atoms with E-state index < -0.39 is 23.8 Å². The second kappa shape index (κ2) is 18.3. The first-order valence-corrected chi connectivity index (χ1v) is 24.5. The van der Waals surface area contributed by atoms with Crippen LogP contribution in [0.15, 0.2) is 59.5 Å². The largest absolute Gasteiger partial charge is 0.371 e. The van der Waals surface area contributed by atoms with Crippen LogP contribution in [0, 0.1) is 0 Å². The molecule has 5 amide bonds. The number of hydrogen-bond donors (Lipinski definition) is 2. The molecule has 0 saturated carbocycles. The van der Waals surface area contributed by atoms with Crippen LogP contribution >= 0.6 is 11.8 Å². The average molecular weight is 885 g/mol. The highest BCUT2D eigenvalue weighted by molar-refractivity contribution is 7.99. The summed E-state index contributed by atoms with van der Waals surface area (Å²) in [6, 6.07) is 17.4. The van der Waals surface area contributed by atoms with Crippen LogP contribution < -0.4 is 10.2 Å². The van der Waals surface area contributed by atoms with Crippen molar-refractivity contribution in [2.24, 2.45) is 0 Å². The maximum atomic E-state index is 14.1. The Morgan fingerprint density at radius 3 is 2.27 bits per heavy atom. The van der Waals surface area contributed by atoms with Gasteiger partial charge >= 0.3 is 0 Å². The molecule has 5 aliphatic rings. The summed E-state index contributed by atoms with van der Waals surface area (Å²) in [5.41, 5.74) is 7.64. The van der Waals surface area contributed by atoms with E-state index in [-0.39, 0.29) is 35.9 Å². The quantitative estimate of drug-likeness (QED) is 0.0743. The smallest absolute Gasteiger partial charge is 0.263 e. The second-order valence-corrected chi connectivity index (χ2v) is 19.9. The summed E-state index contributed by atoms with van der Waals surface area (Å²) in [6.45, 7) is 12.0. The van der Waals surface area contributed by atoms with Crippen molar-refractivity contribution in [3.05, 3.63) is 93.7 Å². The molecule has 3 fully saturated rings. The molecule has 12 nitrogen and oxygen atoms in total. The number of carbonyl (C=O) groups excluding carboxylic acids is 6. The second-order valence-electron chi connectivity index (χ2n) is 18.7. The van der Waals surface area contributed by atoms with Gasteiger partial charge in [0, 0.05) is 96.3 Å². The summed E-state index contributed by atoms with van der Waals surface area (Å²) in [7, 11) is 0. The highest BCUT2D eigenvalue weighted by atomic mass is 32.2. The van der Waals surface area contributed by atoms with Crippen molar-refractivity contribution >= 4 is 63.7 Å². The first kappa shape index (κ1) is 44.0. The van der Waals surface area contributed by atoms with Crippen LogP contribution in [-0.4, -0.2) is 112 Å². The maximum absolute atomic E-state index is 14.1. The molecule has 1 unspecified atom stereocenters. The van der Waals surface area contributed by atoms with Gasteiger partial charge in [0.05, 0.1) is 16.7 Å². The number of aromatic amines is 1. The minimum atomic E-state index is -0.965. The molecule has 3 aromatic carbocycles. The van der Waals surface area contributed by atoms with Gasteiger partial charge < -0.3 is 14.8 Å². The maximum Gasteiger partial charge on any atom is 0.263 e. The van der Waals surface area contributed by atoms with Crippen LogP contribution in [0.1, 0.15) is 145 Å². The third-order valence-electron chi connectivity index (χ3n) is 14.5. The third kappa shape index (κ3) is 8.18. The number of imide groups is 2. The zero-order valence-electron chi connectivity index (χ0n) is 37.4. The van der Waals surface area contributed by atoms with E-state index in [0.717, 1.165) is 146 Å². The number of anilines is 1. The SMILES string of the molecule is CCc1cc2c(cc1N1CCC(N3CCN(C(=O)CCCCCCCCSc4cccc5c4C(=O)N(C4CCC(=O)NC4=O)C5=O)CC3)CC1)C(C)(C)c1[nH]c3ccccc3c1C2=O. The number of aromatic nitrogens is 1. The number of ketones is 1. The van der Waals surface area contributed by atoms with E-state index in [1.165, 1.54) is 11.3 Å². The van der Waals surface area contributed by atoms with Gasteiger partial charge in [0.2, 0.25) is 17.7 Å². The Morgan fingerprint density at radius 2 is 1.52 bits per heavy atom. The van der Waals surface area contributed by atoms with E-state index >= 15 is 0 Å². The molecular weight excluding hydrogens is 825 g/mol. The number of nitrogens with zero attached hydrogens (tertiary/aromatic N) is 4. The van der Waals surface area contributed by atoms with E-state index in [1.54, 1.807) is 23.9 Å². The number of piperazine rings is 1. The Kier molecular flexibility index (Phi) is 12.6. The Bertz CT molecular complexity index is 2510.